The molecule has 0 aliphatic carbocycles. The second-order valence-electron chi connectivity index (χ2n) is 4.29. The molecule has 1 rings (SSSR count). The van der Waals surface area contributed by atoms with Gasteiger partial charge < -0.3 is 4.90 Å². The molecule has 94 valence electrons. The van der Waals surface area contributed by atoms with Crippen molar-refractivity contribution in [2.24, 2.45) is 5.92 Å². The van der Waals surface area contributed by atoms with Crippen molar-refractivity contribution in [1.82, 2.24) is 4.90 Å². The normalized spacial score (nSPS) is 12.2. The Balaban J connectivity index is 2.73. The van der Waals surface area contributed by atoms with Crippen LogP contribution in [0, 0.1) is 5.92 Å². The summed E-state index contributed by atoms with van der Waals surface area (Å²) in [6, 6.07) is 7.67. The summed E-state index contributed by atoms with van der Waals surface area (Å²) in [6.45, 7) is 7.39. The summed E-state index contributed by atoms with van der Waals surface area (Å²) in [5.74, 6) is 0.309. The van der Waals surface area contributed by atoms with Crippen molar-refractivity contribution in [2.75, 3.05) is 6.54 Å². The van der Waals surface area contributed by atoms with Crippen LogP contribution in [-0.2, 0) is 11.3 Å². The van der Waals surface area contributed by atoms with Crippen LogP contribution in [0.2, 0.25) is 5.02 Å². The van der Waals surface area contributed by atoms with Gasteiger partial charge in [-0.3, -0.25) is 4.79 Å². The minimum atomic E-state index is 0.0918. The molecule has 0 bridgehead atoms. The van der Waals surface area contributed by atoms with Gasteiger partial charge in [0, 0.05) is 24.0 Å². The van der Waals surface area contributed by atoms with Crippen LogP contribution in [0.15, 0.2) is 24.3 Å². The van der Waals surface area contributed by atoms with Crippen LogP contribution >= 0.6 is 11.6 Å². The van der Waals surface area contributed by atoms with Gasteiger partial charge in [0.2, 0.25) is 5.91 Å². The van der Waals surface area contributed by atoms with Crippen molar-refractivity contribution in [1.29, 1.82) is 0 Å². The molecule has 1 atom stereocenters. The van der Waals surface area contributed by atoms with Crippen molar-refractivity contribution in [3.05, 3.63) is 34.9 Å². The molecule has 1 aromatic carbocycles. The van der Waals surface area contributed by atoms with Crippen LogP contribution < -0.4 is 0 Å². The summed E-state index contributed by atoms with van der Waals surface area (Å²) in [4.78, 5) is 14.0. The van der Waals surface area contributed by atoms with Gasteiger partial charge in [-0.05, 0) is 31.0 Å². The maximum Gasteiger partial charge on any atom is 0.225 e. The Morgan fingerprint density at radius 2 is 2.12 bits per heavy atom. The van der Waals surface area contributed by atoms with Crippen molar-refractivity contribution in [3.63, 3.8) is 0 Å². The van der Waals surface area contributed by atoms with Crippen LogP contribution in [0.3, 0.4) is 0 Å². The number of benzene rings is 1. The average molecular weight is 254 g/mol. The monoisotopic (exact) mass is 253 g/mol. The molecule has 0 spiro atoms. The van der Waals surface area contributed by atoms with E-state index in [9.17, 15) is 4.79 Å². The number of hydrogen-bond acceptors (Lipinski definition) is 1. The van der Waals surface area contributed by atoms with Gasteiger partial charge in [-0.1, -0.05) is 37.6 Å². The fourth-order valence-electron chi connectivity index (χ4n) is 1.69. The van der Waals surface area contributed by atoms with Gasteiger partial charge in [0.25, 0.3) is 0 Å². The Hall–Kier alpha value is -1.02. The maximum atomic E-state index is 12.1. The van der Waals surface area contributed by atoms with E-state index in [4.69, 9.17) is 11.6 Å². The molecular weight excluding hydrogens is 234 g/mol. The zero-order valence-electron chi connectivity index (χ0n) is 10.7. The number of amides is 1. The van der Waals surface area contributed by atoms with Gasteiger partial charge in [0.15, 0.2) is 0 Å². The zero-order valence-corrected chi connectivity index (χ0v) is 11.5. The van der Waals surface area contributed by atoms with E-state index in [0.717, 1.165) is 23.6 Å². The number of carbonyl (C=O) groups is 1. The van der Waals surface area contributed by atoms with E-state index in [1.807, 2.05) is 49.9 Å². The van der Waals surface area contributed by atoms with Crippen molar-refractivity contribution in [2.45, 2.75) is 33.7 Å². The third-order valence-electron chi connectivity index (χ3n) is 2.99. The van der Waals surface area contributed by atoms with Crippen molar-refractivity contribution >= 4 is 17.5 Å². The largest absolute Gasteiger partial charge is 0.338 e. The van der Waals surface area contributed by atoms with Crippen LogP contribution in [0.25, 0.3) is 0 Å². The number of halogens is 1. The molecular formula is C14H20ClNO. The Kier molecular flexibility index (Phi) is 5.49. The van der Waals surface area contributed by atoms with E-state index in [0.29, 0.717) is 6.54 Å². The molecule has 1 aromatic rings. The fourth-order valence-corrected chi connectivity index (χ4v) is 1.90. The van der Waals surface area contributed by atoms with Gasteiger partial charge in [0.05, 0.1) is 0 Å². The molecule has 1 amide bonds. The highest BCUT2D eigenvalue weighted by Gasteiger charge is 2.17. The fraction of sp³-hybridized carbons (Fsp3) is 0.500. The molecule has 0 saturated heterocycles. The summed E-state index contributed by atoms with van der Waals surface area (Å²) in [7, 11) is 0. The highest BCUT2D eigenvalue weighted by Crippen LogP contribution is 2.15. The lowest BCUT2D eigenvalue weighted by molar-refractivity contribution is -0.135. The summed E-state index contributed by atoms with van der Waals surface area (Å²) in [5, 5.41) is 0.717. The lowest BCUT2D eigenvalue weighted by Crippen LogP contribution is -2.34. The number of rotatable bonds is 5. The van der Waals surface area contributed by atoms with E-state index in [1.165, 1.54) is 0 Å². The molecule has 0 saturated carbocycles. The van der Waals surface area contributed by atoms with Gasteiger partial charge in [-0.2, -0.15) is 0 Å². The topological polar surface area (TPSA) is 20.3 Å². The molecule has 0 aliphatic heterocycles. The van der Waals surface area contributed by atoms with Gasteiger partial charge in [-0.15, -0.1) is 0 Å². The predicted octanol–water partition coefficient (Wildman–Crippen LogP) is 3.73. The zero-order chi connectivity index (χ0) is 12.8. The minimum Gasteiger partial charge on any atom is -0.338 e. The first-order valence-electron chi connectivity index (χ1n) is 6.11. The van der Waals surface area contributed by atoms with E-state index in [-0.39, 0.29) is 11.8 Å². The third kappa shape index (κ3) is 4.04. The molecule has 0 heterocycles. The summed E-state index contributed by atoms with van der Waals surface area (Å²) in [5.41, 5.74) is 1.08. The smallest absolute Gasteiger partial charge is 0.225 e. The highest BCUT2D eigenvalue weighted by molar-refractivity contribution is 6.30. The second kappa shape index (κ2) is 6.65. The summed E-state index contributed by atoms with van der Waals surface area (Å²) in [6.07, 6.45) is 0.880. The summed E-state index contributed by atoms with van der Waals surface area (Å²) >= 11 is 5.94. The number of nitrogens with zero attached hydrogens (tertiary/aromatic N) is 1. The third-order valence-corrected chi connectivity index (χ3v) is 3.22. The van der Waals surface area contributed by atoms with Crippen LogP contribution in [0.1, 0.15) is 32.8 Å². The Morgan fingerprint density at radius 3 is 2.65 bits per heavy atom. The van der Waals surface area contributed by atoms with Gasteiger partial charge in [0.1, 0.15) is 0 Å². The molecule has 3 heteroatoms. The predicted molar refractivity (Wildman–Crippen MR) is 72.0 cm³/mol. The average Bonchev–Trinajstić information content (AvgIpc) is 2.34. The van der Waals surface area contributed by atoms with Crippen LogP contribution in [0.4, 0.5) is 0 Å². The van der Waals surface area contributed by atoms with Gasteiger partial charge in [-0.25, -0.2) is 0 Å². The van der Waals surface area contributed by atoms with E-state index in [2.05, 4.69) is 0 Å². The lowest BCUT2D eigenvalue weighted by atomic mass is 10.1. The molecule has 17 heavy (non-hydrogen) atoms. The standard InChI is InChI=1S/C14H20ClNO/c1-4-11(3)14(17)16(5-2)10-12-7-6-8-13(15)9-12/h6-9,11H,4-5,10H2,1-3H3. The second-order valence-corrected chi connectivity index (χ2v) is 4.73. The SMILES string of the molecule is CCC(C)C(=O)N(CC)Cc1cccc(Cl)c1. The number of carbonyl (C=O) groups excluding carboxylic acids is 1. The molecule has 0 fully saturated rings. The van der Waals surface area contributed by atoms with Crippen molar-refractivity contribution < 1.29 is 4.79 Å². The first kappa shape index (κ1) is 14.0. The molecule has 1 unspecified atom stereocenters. The molecule has 0 radical (unpaired) electrons. The molecule has 2 nitrogen and oxygen atoms in total. The van der Waals surface area contributed by atoms with Crippen molar-refractivity contribution in [3.8, 4) is 0 Å². The summed E-state index contributed by atoms with van der Waals surface area (Å²) < 4.78 is 0. The maximum absolute atomic E-state index is 12.1. The van der Waals surface area contributed by atoms with Gasteiger partial charge >= 0.3 is 0 Å². The Morgan fingerprint density at radius 1 is 1.41 bits per heavy atom. The molecule has 0 aromatic heterocycles. The van der Waals surface area contributed by atoms with E-state index >= 15 is 0 Å². The molecule has 0 N–H and O–H groups in total. The van der Waals surface area contributed by atoms with E-state index in [1.54, 1.807) is 0 Å². The first-order valence-corrected chi connectivity index (χ1v) is 6.49. The number of hydrogen-bond donors (Lipinski definition) is 0. The lowest BCUT2D eigenvalue weighted by Gasteiger charge is -2.24. The van der Waals surface area contributed by atoms with Crippen LogP contribution in [0.5, 0.6) is 0 Å². The van der Waals surface area contributed by atoms with E-state index < -0.39 is 0 Å². The minimum absolute atomic E-state index is 0.0918. The Bertz CT molecular complexity index is 378. The highest BCUT2D eigenvalue weighted by atomic mass is 35.5. The molecule has 0 aliphatic rings. The first-order chi connectivity index (χ1) is 8.08. The van der Waals surface area contributed by atoms with Crippen LogP contribution in [-0.4, -0.2) is 17.4 Å². The quantitative estimate of drug-likeness (QED) is 0.783. The Labute approximate surface area is 109 Å².